The maximum Gasteiger partial charge on any atom is 0.228 e. The maximum atomic E-state index is 5.40. The first kappa shape index (κ1) is 13.5. The van der Waals surface area contributed by atoms with Gasteiger partial charge >= 0.3 is 0 Å². The Morgan fingerprint density at radius 2 is 2.06 bits per heavy atom. The third-order valence-electron chi connectivity index (χ3n) is 3.87. The summed E-state index contributed by atoms with van der Waals surface area (Å²) >= 11 is 0. The van der Waals surface area contributed by atoms with Crippen LogP contribution in [0.15, 0.2) is 4.52 Å². The van der Waals surface area contributed by atoms with Crippen molar-refractivity contribution in [2.24, 2.45) is 5.92 Å². The van der Waals surface area contributed by atoms with Crippen LogP contribution in [-0.4, -0.2) is 22.7 Å². The van der Waals surface area contributed by atoms with Crippen molar-refractivity contribution in [1.82, 2.24) is 15.5 Å². The second kappa shape index (κ2) is 6.32. The van der Waals surface area contributed by atoms with Crippen molar-refractivity contribution in [2.45, 2.75) is 64.8 Å². The van der Waals surface area contributed by atoms with Crippen LogP contribution < -0.4 is 5.32 Å². The quantitative estimate of drug-likeness (QED) is 0.844. The predicted molar refractivity (Wildman–Crippen MR) is 71.5 cm³/mol. The summed E-state index contributed by atoms with van der Waals surface area (Å²) in [6.45, 7) is 7.56. The van der Waals surface area contributed by atoms with E-state index in [1.165, 1.54) is 25.7 Å². The molecule has 0 saturated heterocycles. The number of nitrogens with one attached hydrogen (secondary N) is 1. The largest absolute Gasteiger partial charge is 0.339 e. The van der Waals surface area contributed by atoms with E-state index in [0.29, 0.717) is 17.9 Å². The Balaban J connectivity index is 1.96. The van der Waals surface area contributed by atoms with Crippen LogP contribution in [-0.2, 0) is 6.42 Å². The molecular weight excluding hydrogens is 226 g/mol. The average Bonchev–Trinajstić information content (AvgIpc) is 2.98. The first-order valence-corrected chi connectivity index (χ1v) is 7.26. The SMILES string of the molecule is CCNC(Cc1nc(C2CCCC2)no1)C(C)C. The van der Waals surface area contributed by atoms with Gasteiger partial charge in [-0.2, -0.15) is 4.98 Å². The highest BCUT2D eigenvalue weighted by Gasteiger charge is 2.23. The second-order valence-electron chi connectivity index (χ2n) is 5.64. The standard InChI is InChI=1S/C14H25N3O/c1-4-15-12(10(2)3)9-13-16-14(17-18-13)11-7-5-6-8-11/h10-12,15H,4-9H2,1-3H3. The maximum absolute atomic E-state index is 5.40. The molecule has 2 rings (SSSR count). The molecule has 1 N–H and O–H groups in total. The van der Waals surface area contributed by atoms with Crippen LogP contribution in [0, 0.1) is 5.92 Å². The summed E-state index contributed by atoms with van der Waals surface area (Å²) in [5, 5.41) is 7.64. The Morgan fingerprint density at radius 3 is 2.67 bits per heavy atom. The van der Waals surface area contributed by atoms with Crippen LogP contribution in [0.3, 0.4) is 0 Å². The third kappa shape index (κ3) is 3.31. The minimum Gasteiger partial charge on any atom is -0.339 e. The Bertz CT molecular complexity index is 356. The molecule has 0 aromatic carbocycles. The van der Waals surface area contributed by atoms with Crippen molar-refractivity contribution >= 4 is 0 Å². The van der Waals surface area contributed by atoms with Gasteiger partial charge in [0.2, 0.25) is 5.89 Å². The topological polar surface area (TPSA) is 51.0 Å². The molecule has 0 bridgehead atoms. The van der Waals surface area contributed by atoms with E-state index < -0.39 is 0 Å². The number of hydrogen-bond acceptors (Lipinski definition) is 4. The van der Waals surface area contributed by atoms with E-state index in [1.807, 2.05) is 0 Å². The summed E-state index contributed by atoms with van der Waals surface area (Å²) in [6.07, 6.45) is 5.89. The molecule has 0 aliphatic heterocycles. The monoisotopic (exact) mass is 251 g/mol. The van der Waals surface area contributed by atoms with Gasteiger partial charge in [-0.05, 0) is 25.3 Å². The molecule has 18 heavy (non-hydrogen) atoms. The Morgan fingerprint density at radius 1 is 1.33 bits per heavy atom. The van der Waals surface area contributed by atoms with Crippen LogP contribution in [0.2, 0.25) is 0 Å². The van der Waals surface area contributed by atoms with Gasteiger partial charge in [-0.3, -0.25) is 0 Å². The fourth-order valence-electron chi connectivity index (χ4n) is 2.69. The molecule has 1 heterocycles. The molecule has 1 aromatic heterocycles. The summed E-state index contributed by atoms with van der Waals surface area (Å²) < 4.78 is 5.40. The van der Waals surface area contributed by atoms with Gasteiger partial charge in [0.25, 0.3) is 0 Å². The molecule has 1 fully saturated rings. The van der Waals surface area contributed by atoms with Crippen LogP contribution in [0.25, 0.3) is 0 Å². The van der Waals surface area contributed by atoms with E-state index in [4.69, 9.17) is 4.52 Å². The van der Waals surface area contributed by atoms with Crippen LogP contribution in [0.5, 0.6) is 0 Å². The Kier molecular flexibility index (Phi) is 4.75. The zero-order valence-corrected chi connectivity index (χ0v) is 11.8. The number of aromatic nitrogens is 2. The fraction of sp³-hybridized carbons (Fsp3) is 0.857. The fourth-order valence-corrected chi connectivity index (χ4v) is 2.69. The lowest BCUT2D eigenvalue weighted by Crippen LogP contribution is -2.35. The summed E-state index contributed by atoms with van der Waals surface area (Å²) in [6, 6.07) is 0.423. The summed E-state index contributed by atoms with van der Waals surface area (Å²) in [5.41, 5.74) is 0. The number of likely N-dealkylation sites (N-methyl/N-ethyl adjacent to an activating group) is 1. The third-order valence-corrected chi connectivity index (χ3v) is 3.87. The Hall–Kier alpha value is -0.900. The van der Waals surface area contributed by atoms with Gasteiger partial charge in [0, 0.05) is 18.4 Å². The minimum absolute atomic E-state index is 0.423. The lowest BCUT2D eigenvalue weighted by atomic mass is 10.0. The van der Waals surface area contributed by atoms with E-state index in [2.05, 4.69) is 36.2 Å². The highest BCUT2D eigenvalue weighted by atomic mass is 16.5. The van der Waals surface area contributed by atoms with Crippen molar-refractivity contribution in [1.29, 1.82) is 0 Å². The zero-order chi connectivity index (χ0) is 13.0. The number of hydrogen-bond donors (Lipinski definition) is 1. The van der Waals surface area contributed by atoms with E-state index in [9.17, 15) is 0 Å². The summed E-state index contributed by atoms with van der Waals surface area (Å²) in [7, 11) is 0. The van der Waals surface area contributed by atoms with E-state index >= 15 is 0 Å². The highest BCUT2D eigenvalue weighted by molar-refractivity contribution is 4.99. The Labute approximate surface area is 110 Å². The number of rotatable bonds is 6. The first-order valence-electron chi connectivity index (χ1n) is 7.26. The van der Waals surface area contributed by atoms with Gasteiger partial charge in [-0.25, -0.2) is 0 Å². The smallest absolute Gasteiger partial charge is 0.228 e. The molecular formula is C14H25N3O. The lowest BCUT2D eigenvalue weighted by Gasteiger charge is -2.19. The van der Waals surface area contributed by atoms with Gasteiger partial charge in [-0.15, -0.1) is 0 Å². The summed E-state index contributed by atoms with van der Waals surface area (Å²) in [4.78, 5) is 4.58. The molecule has 0 amide bonds. The molecule has 1 saturated carbocycles. The van der Waals surface area contributed by atoms with Gasteiger partial charge in [0.15, 0.2) is 5.82 Å². The normalized spacial score (nSPS) is 18.7. The molecule has 0 radical (unpaired) electrons. The van der Waals surface area contributed by atoms with Crippen molar-refractivity contribution in [2.75, 3.05) is 6.54 Å². The van der Waals surface area contributed by atoms with Crippen molar-refractivity contribution in [3.63, 3.8) is 0 Å². The minimum atomic E-state index is 0.423. The van der Waals surface area contributed by atoms with E-state index in [-0.39, 0.29) is 0 Å². The average molecular weight is 251 g/mol. The van der Waals surface area contributed by atoms with Gasteiger partial charge in [0.1, 0.15) is 0 Å². The van der Waals surface area contributed by atoms with E-state index in [1.54, 1.807) is 0 Å². The van der Waals surface area contributed by atoms with Crippen molar-refractivity contribution in [3.8, 4) is 0 Å². The van der Waals surface area contributed by atoms with Gasteiger partial charge in [-0.1, -0.05) is 38.8 Å². The highest BCUT2D eigenvalue weighted by Crippen LogP contribution is 2.32. The van der Waals surface area contributed by atoms with Crippen LogP contribution >= 0.6 is 0 Å². The predicted octanol–water partition coefficient (Wildman–Crippen LogP) is 2.90. The van der Waals surface area contributed by atoms with Crippen LogP contribution in [0.1, 0.15) is 64.1 Å². The molecule has 102 valence electrons. The molecule has 1 aliphatic carbocycles. The van der Waals surface area contributed by atoms with Gasteiger partial charge in [0.05, 0.1) is 0 Å². The zero-order valence-electron chi connectivity index (χ0n) is 11.8. The molecule has 1 aliphatic rings. The molecule has 1 unspecified atom stereocenters. The molecule has 1 aromatic rings. The van der Waals surface area contributed by atoms with E-state index in [0.717, 1.165) is 24.7 Å². The van der Waals surface area contributed by atoms with Crippen molar-refractivity contribution in [3.05, 3.63) is 11.7 Å². The first-order chi connectivity index (χ1) is 8.70. The van der Waals surface area contributed by atoms with Crippen molar-refractivity contribution < 1.29 is 4.52 Å². The van der Waals surface area contributed by atoms with Crippen LogP contribution in [0.4, 0.5) is 0 Å². The number of nitrogens with zero attached hydrogens (tertiary/aromatic N) is 2. The summed E-state index contributed by atoms with van der Waals surface area (Å²) in [5.74, 6) is 2.84. The molecule has 1 atom stereocenters. The molecule has 4 heteroatoms. The molecule has 4 nitrogen and oxygen atoms in total. The van der Waals surface area contributed by atoms with Gasteiger partial charge < -0.3 is 9.84 Å². The lowest BCUT2D eigenvalue weighted by molar-refractivity contribution is 0.326. The second-order valence-corrected chi connectivity index (χ2v) is 5.64. The molecule has 0 spiro atoms.